The summed E-state index contributed by atoms with van der Waals surface area (Å²) in [5.41, 5.74) is 0.154. The third kappa shape index (κ3) is 2.46. The maximum Gasteiger partial charge on any atom is 0.410 e. The second kappa shape index (κ2) is 5.33. The minimum Gasteiger partial charge on any atom is -0.439 e. The van der Waals surface area contributed by atoms with Crippen molar-refractivity contribution in [2.75, 3.05) is 26.7 Å². The van der Waals surface area contributed by atoms with Crippen molar-refractivity contribution in [2.45, 2.75) is 25.4 Å². The standard InChI is InChI=1S/C16H19N5O4/c1-10-6-12-17-7-11(14(23)21(12)18-10)13(22)20-5-3-4-16(9-20)8-19(2)15(24)25-16/h6-7,18H,3-5,8-9H2,1-2H3/t16-/m1/s1. The number of nitrogens with one attached hydrogen (secondary N) is 1. The van der Waals surface area contributed by atoms with Crippen LogP contribution in [0.25, 0.3) is 5.65 Å². The molecule has 2 aromatic heterocycles. The van der Waals surface area contributed by atoms with Crippen LogP contribution in [0.3, 0.4) is 0 Å². The molecule has 0 radical (unpaired) electrons. The van der Waals surface area contributed by atoms with Crippen LogP contribution in [0.2, 0.25) is 0 Å². The van der Waals surface area contributed by atoms with Crippen molar-refractivity contribution in [2.24, 2.45) is 0 Å². The zero-order valence-corrected chi connectivity index (χ0v) is 14.1. The third-order valence-electron chi connectivity index (χ3n) is 4.82. The highest BCUT2D eigenvalue weighted by molar-refractivity contribution is 5.94. The summed E-state index contributed by atoms with van der Waals surface area (Å²) in [4.78, 5) is 44.5. The Kier molecular flexibility index (Phi) is 3.34. The highest BCUT2D eigenvalue weighted by Gasteiger charge is 2.47. The molecule has 2 saturated heterocycles. The lowest BCUT2D eigenvalue weighted by Crippen LogP contribution is -2.53. The van der Waals surface area contributed by atoms with Gasteiger partial charge in [-0.05, 0) is 19.8 Å². The second-order valence-corrected chi connectivity index (χ2v) is 6.85. The van der Waals surface area contributed by atoms with Gasteiger partial charge in [0.2, 0.25) is 0 Å². The van der Waals surface area contributed by atoms with Crippen molar-refractivity contribution >= 4 is 17.6 Å². The minimum atomic E-state index is -0.684. The smallest absolute Gasteiger partial charge is 0.410 e. The first kappa shape index (κ1) is 15.7. The summed E-state index contributed by atoms with van der Waals surface area (Å²) in [5, 5.41) is 2.88. The zero-order chi connectivity index (χ0) is 17.8. The minimum absolute atomic E-state index is 0.00841. The number of carbonyl (C=O) groups excluding carboxylic acids is 2. The van der Waals surface area contributed by atoms with Crippen LogP contribution in [-0.4, -0.2) is 68.7 Å². The number of amides is 2. The molecule has 0 unspecified atom stereocenters. The predicted molar refractivity (Wildman–Crippen MR) is 87.5 cm³/mol. The van der Waals surface area contributed by atoms with E-state index in [0.29, 0.717) is 31.6 Å². The fourth-order valence-electron chi connectivity index (χ4n) is 3.67. The summed E-state index contributed by atoms with van der Waals surface area (Å²) in [7, 11) is 1.68. The van der Waals surface area contributed by atoms with Crippen LogP contribution in [0.4, 0.5) is 4.79 Å². The lowest BCUT2D eigenvalue weighted by Gasteiger charge is -2.38. The first-order valence-electron chi connectivity index (χ1n) is 8.19. The third-order valence-corrected chi connectivity index (χ3v) is 4.82. The molecule has 0 aliphatic carbocycles. The molecule has 0 saturated carbocycles. The Hall–Kier alpha value is -2.84. The van der Waals surface area contributed by atoms with Crippen molar-refractivity contribution in [3.05, 3.63) is 33.9 Å². The molecule has 2 amide bonds. The molecule has 1 atom stereocenters. The van der Waals surface area contributed by atoms with Gasteiger partial charge in [0.15, 0.2) is 5.65 Å². The highest BCUT2D eigenvalue weighted by Crippen LogP contribution is 2.31. The maximum atomic E-state index is 12.9. The van der Waals surface area contributed by atoms with Crippen LogP contribution in [0.5, 0.6) is 0 Å². The molecule has 0 bridgehead atoms. The average molecular weight is 345 g/mol. The number of nitrogens with zero attached hydrogens (tertiary/aromatic N) is 4. The molecular weight excluding hydrogens is 326 g/mol. The van der Waals surface area contributed by atoms with E-state index in [-0.39, 0.29) is 24.1 Å². The second-order valence-electron chi connectivity index (χ2n) is 6.85. The van der Waals surface area contributed by atoms with Gasteiger partial charge in [-0.25, -0.2) is 14.3 Å². The molecule has 25 heavy (non-hydrogen) atoms. The van der Waals surface area contributed by atoms with Crippen LogP contribution in [0.15, 0.2) is 17.1 Å². The number of likely N-dealkylation sites (N-methyl/N-ethyl adjacent to an activating group) is 1. The monoisotopic (exact) mass is 345 g/mol. The number of aromatic nitrogens is 3. The van der Waals surface area contributed by atoms with E-state index in [4.69, 9.17) is 4.74 Å². The van der Waals surface area contributed by atoms with Gasteiger partial charge in [0.1, 0.15) is 11.2 Å². The summed E-state index contributed by atoms with van der Waals surface area (Å²) in [5.74, 6) is -0.385. The predicted octanol–water partition coefficient (Wildman–Crippen LogP) is 0.388. The van der Waals surface area contributed by atoms with E-state index < -0.39 is 11.2 Å². The Balaban J connectivity index is 1.64. The maximum absolute atomic E-state index is 12.9. The molecule has 4 rings (SSSR count). The first-order chi connectivity index (χ1) is 11.9. The lowest BCUT2D eigenvalue weighted by atomic mass is 9.92. The molecule has 2 aliphatic heterocycles. The Morgan fingerprint density at radius 1 is 1.36 bits per heavy atom. The van der Waals surface area contributed by atoms with E-state index in [1.807, 2.05) is 6.92 Å². The molecule has 132 valence electrons. The summed E-state index contributed by atoms with van der Waals surface area (Å²) >= 11 is 0. The molecule has 2 fully saturated rings. The summed E-state index contributed by atoms with van der Waals surface area (Å²) in [6, 6.07) is 1.74. The van der Waals surface area contributed by atoms with Gasteiger partial charge in [-0.2, -0.15) is 0 Å². The normalized spacial score (nSPS) is 23.5. The van der Waals surface area contributed by atoms with Crippen LogP contribution < -0.4 is 5.56 Å². The van der Waals surface area contributed by atoms with Crippen LogP contribution in [-0.2, 0) is 4.74 Å². The Morgan fingerprint density at radius 2 is 2.16 bits per heavy atom. The SMILES string of the molecule is Cc1cc2ncc(C(=O)N3CCC[C@@]4(CN(C)C(=O)O4)C3)c(=O)n2[nH]1. The Morgan fingerprint density at radius 3 is 2.88 bits per heavy atom. The largest absolute Gasteiger partial charge is 0.439 e. The van der Waals surface area contributed by atoms with Gasteiger partial charge in [0, 0.05) is 31.5 Å². The molecule has 9 nitrogen and oxygen atoms in total. The lowest BCUT2D eigenvalue weighted by molar-refractivity contribution is -0.00530. The Labute approximate surface area is 143 Å². The number of fused-ring (bicyclic) bond motifs is 1. The van der Waals surface area contributed by atoms with Crippen LogP contribution in [0.1, 0.15) is 28.9 Å². The van der Waals surface area contributed by atoms with E-state index in [2.05, 4.69) is 10.1 Å². The van der Waals surface area contributed by atoms with Crippen molar-refractivity contribution in [3.63, 3.8) is 0 Å². The Bertz CT molecular complexity index is 932. The number of hydrogen-bond acceptors (Lipinski definition) is 5. The van der Waals surface area contributed by atoms with Gasteiger partial charge >= 0.3 is 6.09 Å². The van der Waals surface area contributed by atoms with Crippen molar-refractivity contribution in [1.29, 1.82) is 0 Å². The number of rotatable bonds is 1. The van der Waals surface area contributed by atoms with E-state index in [9.17, 15) is 14.4 Å². The molecule has 2 aromatic rings. The first-order valence-corrected chi connectivity index (χ1v) is 8.19. The number of ether oxygens (including phenoxy) is 1. The topological polar surface area (TPSA) is 100 Å². The number of likely N-dealkylation sites (tertiary alicyclic amines) is 1. The van der Waals surface area contributed by atoms with Gasteiger partial charge in [0.05, 0.1) is 13.1 Å². The number of carbonyl (C=O) groups is 2. The summed E-state index contributed by atoms with van der Waals surface area (Å²) < 4.78 is 6.78. The summed E-state index contributed by atoms with van der Waals surface area (Å²) in [6.45, 7) is 3.07. The molecule has 4 heterocycles. The number of piperidine rings is 1. The number of H-pyrrole nitrogens is 1. The molecule has 1 spiro atoms. The van der Waals surface area contributed by atoms with Gasteiger partial charge in [-0.15, -0.1) is 0 Å². The van der Waals surface area contributed by atoms with Crippen molar-refractivity contribution in [3.8, 4) is 0 Å². The van der Waals surface area contributed by atoms with Gasteiger partial charge < -0.3 is 14.5 Å². The molecular formula is C16H19N5O4. The fraction of sp³-hybridized carbons (Fsp3) is 0.500. The summed E-state index contributed by atoms with van der Waals surface area (Å²) in [6.07, 6.45) is 2.37. The number of aromatic amines is 1. The molecule has 9 heteroatoms. The molecule has 1 N–H and O–H groups in total. The fourth-order valence-corrected chi connectivity index (χ4v) is 3.67. The van der Waals surface area contributed by atoms with Gasteiger partial charge in [-0.1, -0.05) is 0 Å². The van der Waals surface area contributed by atoms with Crippen molar-refractivity contribution in [1.82, 2.24) is 24.4 Å². The molecule has 0 aromatic carbocycles. The highest BCUT2D eigenvalue weighted by atomic mass is 16.6. The van der Waals surface area contributed by atoms with Gasteiger partial charge in [-0.3, -0.25) is 14.7 Å². The number of aryl methyl sites for hydroxylation is 1. The average Bonchev–Trinajstić information content (AvgIpc) is 3.07. The van der Waals surface area contributed by atoms with E-state index in [0.717, 1.165) is 5.69 Å². The van der Waals surface area contributed by atoms with Gasteiger partial charge in [0.25, 0.3) is 11.5 Å². The van der Waals surface area contributed by atoms with E-state index >= 15 is 0 Å². The van der Waals surface area contributed by atoms with E-state index in [1.165, 1.54) is 15.6 Å². The van der Waals surface area contributed by atoms with Crippen LogP contribution >= 0.6 is 0 Å². The quantitative estimate of drug-likeness (QED) is 0.806. The zero-order valence-electron chi connectivity index (χ0n) is 14.1. The van der Waals surface area contributed by atoms with E-state index in [1.54, 1.807) is 18.0 Å². The molecule has 2 aliphatic rings. The van der Waals surface area contributed by atoms with Crippen LogP contribution in [0, 0.1) is 6.92 Å². The van der Waals surface area contributed by atoms with Crippen molar-refractivity contribution < 1.29 is 14.3 Å². The number of hydrogen-bond donors (Lipinski definition) is 1.